The van der Waals surface area contributed by atoms with Gasteiger partial charge in [-0.3, -0.25) is 0 Å². The largest absolute Gasteiger partial charge is 0.377 e. The van der Waals surface area contributed by atoms with E-state index in [-0.39, 0.29) is 5.41 Å². The molecule has 0 radical (unpaired) electrons. The SMILES string of the molecule is CC(Cc1ccc(Cl)cc1)NC1C2CCCOC2C1(C)C. The highest BCUT2D eigenvalue weighted by atomic mass is 35.5. The maximum atomic E-state index is 5.98. The van der Waals surface area contributed by atoms with Crippen LogP contribution < -0.4 is 5.32 Å². The highest BCUT2D eigenvalue weighted by Crippen LogP contribution is 2.51. The molecule has 116 valence electrons. The van der Waals surface area contributed by atoms with E-state index < -0.39 is 0 Å². The van der Waals surface area contributed by atoms with Crippen LogP contribution in [-0.2, 0) is 11.2 Å². The van der Waals surface area contributed by atoms with Crippen LogP contribution in [0, 0.1) is 11.3 Å². The number of halogens is 1. The van der Waals surface area contributed by atoms with Gasteiger partial charge in [0.05, 0.1) is 6.10 Å². The summed E-state index contributed by atoms with van der Waals surface area (Å²) < 4.78 is 5.98. The zero-order chi connectivity index (χ0) is 15.0. The molecule has 1 heterocycles. The summed E-state index contributed by atoms with van der Waals surface area (Å²) >= 11 is 5.95. The number of fused-ring (bicyclic) bond motifs is 1. The van der Waals surface area contributed by atoms with Gasteiger partial charge in [-0.25, -0.2) is 0 Å². The van der Waals surface area contributed by atoms with Gasteiger partial charge < -0.3 is 10.1 Å². The average Bonchev–Trinajstić information content (AvgIpc) is 2.47. The van der Waals surface area contributed by atoms with Crippen molar-refractivity contribution >= 4 is 11.6 Å². The maximum Gasteiger partial charge on any atom is 0.0684 e. The number of hydrogen-bond acceptors (Lipinski definition) is 2. The molecule has 3 rings (SSSR count). The topological polar surface area (TPSA) is 21.3 Å². The van der Waals surface area contributed by atoms with E-state index in [4.69, 9.17) is 16.3 Å². The zero-order valence-corrected chi connectivity index (χ0v) is 14.0. The van der Waals surface area contributed by atoms with Crippen LogP contribution in [-0.4, -0.2) is 24.8 Å². The molecule has 1 aromatic carbocycles. The summed E-state index contributed by atoms with van der Waals surface area (Å²) in [6.45, 7) is 7.90. The Labute approximate surface area is 133 Å². The highest BCUT2D eigenvalue weighted by molar-refractivity contribution is 6.30. The van der Waals surface area contributed by atoms with Gasteiger partial charge in [0.25, 0.3) is 0 Å². The number of rotatable bonds is 4. The summed E-state index contributed by atoms with van der Waals surface area (Å²) in [5, 5.41) is 4.66. The summed E-state index contributed by atoms with van der Waals surface area (Å²) in [7, 11) is 0. The Kier molecular flexibility index (Phi) is 4.31. The van der Waals surface area contributed by atoms with Crippen LogP contribution >= 0.6 is 11.6 Å². The molecule has 2 aliphatic rings. The summed E-state index contributed by atoms with van der Waals surface area (Å²) in [6, 6.07) is 9.24. The van der Waals surface area contributed by atoms with Crippen LogP contribution in [0.4, 0.5) is 0 Å². The lowest BCUT2D eigenvalue weighted by Gasteiger charge is -2.60. The summed E-state index contributed by atoms with van der Waals surface area (Å²) in [5.41, 5.74) is 1.59. The second-order valence-electron chi connectivity index (χ2n) is 7.29. The first kappa shape index (κ1) is 15.3. The molecular formula is C18H26ClNO. The molecule has 0 amide bonds. The van der Waals surface area contributed by atoms with Crippen molar-refractivity contribution in [3.8, 4) is 0 Å². The Bertz CT molecular complexity index is 484. The van der Waals surface area contributed by atoms with Crippen LogP contribution in [0.5, 0.6) is 0 Å². The molecule has 1 aromatic rings. The standard InChI is InChI=1S/C18H26ClNO/c1-12(11-13-6-8-14(19)9-7-13)20-16-15-5-4-10-21-17(15)18(16,2)3/h6-9,12,15-17,20H,4-5,10-11H2,1-3H3. The van der Waals surface area contributed by atoms with Crippen molar-refractivity contribution in [1.29, 1.82) is 0 Å². The molecule has 21 heavy (non-hydrogen) atoms. The predicted octanol–water partition coefficient (Wildman–Crippen LogP) is 4.06. The summed E-state index contributed by atoms with van der Waals surface area (Å²) in [5.74, 6) is 0.696. The van der Waals surface area contributed by atoms with Crippen molar-refractivity contribution in [3.63, 3.8) is 0 Å². The van der Waals surface area contributed by atoms with Crippen LogP contribution in [0.15, 0.2) is 24.3 Å². The molecule has 1 aliphatic carbocycles. The van der Waals surface area contributed by atoms with Gasteiger partial charge in [0, 0.05) is 35.0 Å². The fraction of sp³-hybridized carbons (Fsp3) is 0.667. The van der Waals surface area contributed by atoms with Crippen LogP contribution in [0.1, 0.15) is 39.2 Å². The highest BCUT2D eigenvalue weighted by Gasteiger charge is 2.57. The van der Waals surface area contributed by atoms with E-state index >= 15 is 0 Å². The molecule has 4 atom stereocenters. The van der Waals surface area contributed by atoms with Crippen molar-refractivity contribution in [2.75, 3.05) is 6.61 Å². The van der Waals surface area contributed by atoms with Crippen molar-refractivity contribution in [1.82, 2.24) is 5.32 Å². The van der Waals surface area contributed by atoms with Crippen LogP contribution in [0.3, 0.4) is 0 Å². The van der Waals surface area contributed by atoms with Crippen LogP contribution in [0.25, 0.3) is 0 Å². The van der Waals surface area contributed by atoms with Crippen molar-refractivity contribution < 1.29 is 4.74 Å². The van der Waals surface area contributed by atoms with Gasteiger partial charge in [-0.1, -0.05) is 37.6 Å². The minimum Gasteiger partial charge on any atom is -0.377 e. The molecular weight excluding hydrogens is 282 g/mol. The second kappa shape index (κ2) is 5.91. The molecule has 0 bridgehead atoms. The number of ether oxygens (including phenoxy) is 1. The van der Waals surface area contributed by atoms with Crippen molar-refractivity contribution in [2.24, 2.45) is 11.3 Å². The van der Waals surface area contributed by atoms with Gasteiger partial charge in [-0.2, -0.15) is 0 Å². The number of nitrogens with one attached hydrogen (secondary N) is 1. The Balaban J connectivity index is 1.59. The molecule has 2 nitrogen and oxygen atoms in total. The van der Waals surface area contributed by atoms with Gasteiger partial charge in [-0.15, -0.1) is 0 Å². The predicted molar refractivity (Wildman–Crippen MR) is 87.8 cm³/mol. The van der Waals surface area contributed by atoms with Gasteiger partial charge >= 0.3 is 0 Å². The molecule has 2 fully saturated rings. The first-order valence-corrected chi connectivity index (χ1v) is 8.48. The van der Waals surface area contributed by atoms with Crippen molar-refractivity contribution in [3.05, 3.63) is 34.9 Å². The lowest BCUT2D eigenvalue weighted by molar-refractivity contribution is -0.194. The lowest BCUT2D eigenvalue weighted by Crippen LogP contribution is -2.70. The van der Waals surface area contributed by atoms with Crippen molar-refractivity contribution in [2.45, 2.75) is 58.2 Å². The Morgan fingerprint density at radius 2 is 2.05 bits per heavy atom. The normalized spacial score (nSPS) is 32.1. The molecule has 1 N–H and O–H groups in total. The fourth-order valence-electron chi connectivity index (χ4n) is 4.20. The maximum absolute atomic E-state index is 5.98. The molecule has 1 saturated heterocycles. The summed E-state index contributed by atoms with van der Waals surface area (Å²) in [4.78, 5) is 0. The average molecular weight is 308 g/mol. The van der Waals surface area contributed by atoms with E-state index in [1.165, 1.54) is 18.4 Å². The summed E-state index contributed by atoms with van der Waals surface area (Å²) in [6.07, 6.45) is 4.01. The van der Waals surface area contributed by atoms with Crippen LogP contribution in [0.2, 0.25) is 5.02 Å². The van der Waals surface area contributed by atoms with E-state index in [1.54, 1.807) is 0 Å². The van der Waals surface area contributed by atoms with Gasteiger partial charge in [0.15, 0.2) is 0 Å². The Hall–Kier alpha value is -0.570. The molecule has 0 aromatic heterocycles. The minimum absolute atomic E-state index is 0.249. The Morgan fingerprint density at radius 3 is 2.76 bits per heavy atom. The van der Waals surface area contributed by atoms with Gasteiger partial charge in [-0.05, 0) is 43.9 Å². The zero-order valence-electron chi connectivity index (χ0n) is 13.2. The number of hydrogen-bond donors (Lipinski definition) is 1. The first-order valence-electron chi connectivity index (χ1n) is 8.10. The van der Waals surface area contributed by atoms with E-state index in [0.717, 1.165) is 18.1 Å². The molecule has 3 heteroatoms. The third kappa shape index (κ3) is 2.99. The van der Waals surface area contributed by atoms with E-state index in [0.29, 0.717) is 24.1 Å². The fourth-order valence-corrected chi connectivity index (χ4v) is 4.33. The molecule has 4 unspecified atom stereocenters. The minimum atomic E-state index is 0.249. The van der Waals surface area contributed by atoms with Gasteiger partial charge in [0.1, 0.15) is 0 Å². The first-order chi connectivity index (χ1) is 9.98. The monoisotopic (exact) mass is 307 g/mol. The van der Waals surface area contributed by atoms with E-state index in [2.05, 4.69) is 38.2 Å². The Morgan fingerprint density at radius 1 is 1.33 bits per heavy atom. The lowest BCUT2D eigenvalue weighted by atomic mass is 9.55. The third-order valence-corrected chi connectivity index (χ3v) is 5.50. The van der Waals surface area contributed by atoms with E-state index in [9.17, 15) is 0 Å². The second-order valence-corrected chi connectivity index (χ2v) is 7.73. The third-order valence-electron chi connectivity index (χ3n) is 5.25. The molecule has 1 aliphatic heterocycles. The molecule has 0 spiro atoms. The van der Waals surface area contributed by atoms with E-state index in [1.807, 2.05) is 12.1 Å². The quantitative estimate of drug-likeness (QED) is 0.905. The smallest absolute Gasteiger partial charge is 0.0684 e. The number of benzene rings is 1. The van der Waals surface area contributed by atoms with Gasteiger partial charge in [0.2, 0.25) is 0 Å². The molecule has 1 saturated carbocycles.